The third-order valence-electron chi connectivity index (χ3n) is 4.96. The molecule has 166 valence electrons. The molecule has 0 aliphatic heterocycles. The van der Waals surface area contributed by atoms with Crippen molar-refractivity contribution in [3.05, 3.63) is 89.7 Å². The van der Waals surface area contributed by atoms with Gasteiger partial charge in [0.15, 0.2) is 5.16 Å². The van der Waals surface area contributed by atoms with Crippen LogP contribution in [0.1, 0.15) is 28.2 Å². The second-order valence-electron chi connectivity index (χ2n) is 7.68. The quantitative estimate of drug-likeness (QED) is 0.376. The van der Waals surface area contributed by atoms with Crippen molar-refractivity contribution >= 4 is 40.0 Å². The summed E-state index contributed by atoms with van der Waals surface area (Å²) in [5.41, 5.74) is 3.14. The van der Waals surface area contributed by atoms with Crippen LogP contribution in [0.25, 0.3) is 10.8 Å². The first-order chi connectivity index (χ1) is 16.0. The summed E-state index contributed by atoms with van der Waals surface area (Å²) in [6, 6.07) is 22.9. The number of carbonyl (C=O) groups is 2. The molecule has 6 nitrogen and oxygen atoms in total. The third-order valence-corrected chi connectivity index (χ3v) is 5.83. The second-order valence-corrected chi connectivity index (χ2v) is 8.72. The molecule has 0 atom stereocenters. The molecule has 0 saturated carbocycles. The average Bonchev–Trinajstić information content (AvgIpc) is 2.79. The highest BCUT2D eigenvalue weighted by Gasteiger charge is 2.09. The van der Waals surface area contributed by atoms with Crippen molar-refractivity contribution in [2.45, 2.75) is 30.3 Å². The number of rotatable bonds is 7. The van der Waals surface area contributed by atoms with Gasteiger partial charge in [0.25, 0.3) is 5.91 Å². The van der Waals surface area contributed by atoms with Crippen LogP contribution in [0.4, 0.5) is 5.69 Å². The summed E-state index contributed by atoms with van der Waals surface area (Å²) < 4.78 is 0. The summed E-state index contributed by atoms with van der Waals surface area (Å²) in [4.78, 5) is 34.5. The first kappa shape index (κ1) is 22.5. The fraction of sp³-hybridized carbons (Fsp3) is 0.154. The summed E-state index contributed by atoms with van der Waals surface area (Å²) >= 11 is 1.48. The average molecular weight is 457 g/mol. The molecule has 0 aliphatic rings. The highest BCUT2D eigenvalue weighted by Crippen LogP contribution is 2.26. The molecule has 0 spiro atoms. The molecule has 33 heavy (non-hydrogen) atoms. The zero-order chi connectivity index (χ0) is 23.2. The van der Waals surface area contributed by atoms with Crippen LogP contribution in [0.15, 0.2) is 82.8 Å². The van der Waals surface area contributed by atoms with Crippen molar-refractivity contribution in [2.75, 3.05) is 11.9 Å². The van der Waals surface area contributed by atoms with Crippen LogP contribution < -0.4 is 10.6 Å². The van der Waals surface area contributed by atoms with E-state index in [9.17, 15) is 9.59 Å². The van der Waals surface area contributed by atoms with Crippen molar-refractivity contribution in [3.63, 3.8) is 0 Å². The number of fused-ring (bicyclic) bond motifs is 1. The Morgan fingerprint density at radius 1 is 0.848 bits per heavy atom. The normalized spacial score (nSPS) is 10.7. The van der Waals surface area contributed by atoms with Crippen LogP contribution in [-0.2, 0) is 4.79 Å². The van der Waals surface area contributed by atoms with E-state index in [1.165, 1.54) is 11.8 Å². The largest absolute Gasteiger partial charge is 0.352 e. The molecular formula is C26H24N4O2S. The number of hydrogen-bond acceptors (Lipinski definition) is 5. The van der Waals surface area contributed by atoms with E-state index in [1.807, 2.05) is 80.6 Å². The highest BCUT2D eigenvalue weighted by molar-refractivity contribution is 7.99. The minimum Gasteiger partial charge on any atom is -0.352 e. The van der Waals surface area contributed by atoms with Crippen molar-refractivity contribution in [1.82, 2.24) is 15.3 Å². The highest BCUT2D eigenvalue weighted by atomic mass is 32.2. The Bertz CT molecular complexity index is 1290. The van der Waals surface area contributed by atoms with Crippen LogP contribution >= 0.6 is 11.8 Å². The van der Waals surface area contributed by atoms with Gasteiger partial charge in [-0.15, -0.1) is 0 Å². The lowest BCUT2D eigenvalue weighted by molar-refractivity contribution is -0.116. The van der Waals surface area contributed by atoms with Gasteiger partial charge in [-0.3, -0.25) is 9.59 Å². The molecule has 7 heteroatoms. The van der Waals surface area contributed by atoms with Gasteiger partial charge in [-0.05, 0) is 78.8 Å². The number of nitrogens with one attached hydrogen (secondary N) is 2. The van der Waals surface area contributed by atoms with Gasteiger partial charge < -0.3 is 10.6 Å². The molecule has 3 aromatic carbocycles. The fourth-order valence-electron chi connectivity index (χ4n) is 3.40. The van der Waals surface area contributed by atoms with Crippen molar-refractivity contribution in [2.24, 2.45) is 0 Å². The molecule has 1 heterocycles. The molecule has 0 bridgehead atoms. The minimum absolute atomic E-state index is 0.160. The monoisotopic (exact) mass is 456 g/mol. The van der Waals surface area contributed by atoms with Crippen LogP contribution in [0, 0.1) is 13.8 Å². The molecule has 2 N–H and O–H groups in total. The van der Waals surface area contributed by atoms with E-state index in [1.54, 1.807) is 6.07 Å². The SMILES string of the molecule is Cc1cc(C)nc(Sc2ccc(NC(=O)CCNC(=O)c3ccc4ccccc4c3)cc2)n1. The molecule has 2 amide bonds. The number of aromatic nitrogens is 2. The Morgan fingerprint density at radius 3 is 2.27 bits per heavy atom. The fourth-order valence-corrected chi connectivity index (χ4v) is 4.26. The Labute approximate surface area is 196 Å². The maximum Gasteiger partial charge on any atom is 0.251 e. The number of hydrogen-bond donors (Lipinski definition) is 2. The van der Waals surface area contributed by atoms with Crippen LogP contribution in [0.5, 0.6) is 0 Å². The topological polar surface area (TPSA) is 84.0 Å². The Kier molecular flexibility index (Phi) is 7.00. The van der Waals surface area contributed by atoms with E-state index in [0.29, 0.717) is 16.4 Å². The minimum atomic E-state index is -0.191. The van der Waals surface area contributed by atoms with Crippen LogP contribution in [0.3, 0.4) is 0 Å². The zero-order valence-electron chi connectivity index (χ0n) is 18.5. The summed E-state index contributed by atoms with van der Waals surface area (Å²) in [6.45, 7) is 4.15. The molecule has 0 fully saturated rings. The number of benzene rings is 3. The number of amides is 2. The smallest absolute Gasteiger partial charge is 0.251 e. The number of aryl methyl sites for hydroxylation is 2. The Hall–Kier alpha value is -3.71. The number of nitrogens with zero attached hydrogens (tertiary/aromatic N) is 2. The summed E-state index contributed by atoms with van der Waals surface area (Å²) in [5, 5.41) is 8.46. The van der Waals surface area contributed by atoms with Gasteiger partial charge in [0.05, 0.1) is 0 Å². The van der Waals surface area contributed by atoms with Gasteiger partial charge in [-0.1, -0.05) is 30.3 Å². The maximum absolute atomic E-state index is 12.4. The van der Waals surface area contributed by atoms with Crippen LogP contribution in [0.2, 0.25) is 0 Å². The van der Waals surface area contributed by atoms with Gasteiger partial charge in [-0.2, -0.15) is 0 Å². The first-order valence-electron chi connectivity index (χ1n) is 10.6. The van der Waals surface area contributed by atoms with E-state index in [0.717, 1.165) is 27.1 Å². The molecule has 0 saturated heterocycles. The third kappa shape index (κ3) is 6.17. The lowest BCUT2D eigenvalue weighted by Crippen LogP contribution is -2.27. The van der Waals surface area contributed by atoms with Crippen molar-refractivity contribution in [1.29, 1.82) is 0 Å². The van der Waals surface area contributed by atoms with Gasteiger partial charge in [0.2, 0.25) is 5.91 Å². The molecule has 0 unspecified atom stereocenters. The molecule has 4 aromatic rings. The summed E-state index contributed by atoms with van der Waals surface area (Å²) in [5.74, 6) is -0.351. The second kappa shape index (κ2) is 10.3. The van der Waals surface area contributed by atoms with Crippen molar-refractivity contribution < 1.29 is 9.59 Å². The van der Waals surface area contributed by atoms with Crippen molar-refractivity contribution in [3.8, 4) is 0 Å². The summed E-state index contributed by atoms with van der Waals surface area (Å²) in [6.07, 6.45) is 0.187. The predicted molar refractivity (Wildman–Crippen MR) is 132 cm³/mol. The first-order valence-corrected chi connectivity index (χ1v) is 11.4. The molecule has 0 radical (unpaired) electrons. The Morgan fingerprint density at radius 2 is 1.55 bits per heavy atom. The van der Waals surface area contributed by atoms with E-state index in [2.05, 4.69) is 20.6 Å². The maximum atomic E-state index is 12.4. The van der Waals surface area contributed by atoms with Gasteiger partial charge in [0, 0.05) is 40.5 Å². The lowest BCUT2D eigenvalue weighted by atomic mass is 10.1. The number of anilines is 1. The van der Waals surface area contributed by atoms with E-state index < -0.39 is 0 Å². The molecule has 0 aliphatic carbocycles. The van der Waals surface area contributed by atoms with Gasteiger partial charge in [-0.25, -0.2) is 9.97 Å². The van der Waals surface area contributed by atoms with Gasteiger partial charge in [0.1, 0.15) is 0 Å². The lowest BCUT2D eigenvalue weighted by Gasteiger charge is -2.08. The molecule has 4 rings (SSSR count). The summed E-state index contributed by atoms with van der Waals surface area (Å²) in [7, 11) is 0. The van der Waals surface area contributed by atoms with Gasteiger partial charge >= 0.3 is 0 Å². The van der Waals surface area contributed by atoms with Crippen LogP contribution in [-0.4, -0.2) is 28.3 Å². The van der Waals surface area contributed by atoms with E-state index >= 15 is 0 Å². The molecule has 1 aromatic heterocycles. The zero-order valence-corrected chi connectivity index (χ0v) is 19.3. The van der Waals surface area contributed by atoms with E-state index in [4.69, 9.17) is 0 Å². The van der Waals surface area contributed by atoms with E-state index in [-0.39, 0.29) is 24.8 Å². The molecular weight excluding hydrogens is 432 g/mol. The predicted octanol–water partition coefficient (Wildman–Crippen LogP) is 5.16. The standard InChI is InChI=1S/C26H24N4O2S/c1-17-15-18(2)29-26(28-17)33-23-11-9-22(10-12-23)30-24(31)13-14-27-25(32)21-8-7-19-5-3-4-6-20(19)16-21/h3-12,15-16H,13-14H2,1-2H3,(H,27,32)(H,30,31). The number of carbonyl (C=O) groups excluding carboxylic acids is 2. The Balaban J connectivity index is 1.25.